The highest BCUT2D eigenvalue weighted by Crippen LogP contribution is 2.19. The number of hydrogen-bond donors (Lipinski definition) is 2. The molecule has 8 heteroatoms. The molecular weight excluding hydrogens is 270 g/mol. The van der Waals surface area contributed by atoms with E-state index in [1.54, 1.807) is 5.38 Å². The quantitative estimate of drug-likeness (QED) is 0.900. The van der Waals surface area contributed by atoms with Gasteiger partial charge in [-0.15, -0.1) is 21.5 Å². The van der Waals surface area contributed by atoms with Gasteiger partial charge in [-0.2, -0.15) is 0 Å². The Morgan fingerprint density at radius 2 is 2.11 bits per heavy atom. The van der Waals surface area contributed by atoms with Crippen LogP contribution in [0.25, 0.3) is 0 Å². The lowest BCUT2D eigenvalue weighted by atomic mass is 10.4. The van der Waals surface area contributed by atoms with Crippen LogP contribution < -0.4 is 10.6 Å². The molecule has 0 saturated heterocycles. The number of nitrogens with one attached hydrogen (secondary N) is 2. The maximum atomic E-state index is 11.9. The van der Waals surface area contributed by atoms with Gasteiger partial charge in [0.05, 0.1) is 0 Å². The summed E-state index contributed by atoms with van der Waals surface area (Å²) in [5, 5.41) is 17.2. The highest BCUT2D eigenvalue weighted by molar-refractivity contribution is 7.15. The fraction of sp³-hybridized carbons (Fsp3) is 0.400. The molecule has 2 N–H and O–H groups in total. The minimum atomic E-state index is -0.265. The number of hydrogen-bond acceptors (Lipinski definition) is 7. The number of anilines is 2. The molecule has 0 spiro atoms. The lowest BCUT2D eigenvalue weighted by Crippen LogP contribution is -2.13. The molecule has 2 aromatic heterocycles. The van der Waals surface area contributed by atoms with Gasteiger partial charge in [-0.05, 0) is 20.8 Å². The van der Waals surface area contributed by atoms with Crippen LogP contribution in [0.3, 0.4) is 0 Å². The van der Waals surface area contributed by atoms with Gasteiger partial charge in [-0.25, -0.2) is 4.98 Å². The molecule has 0 aliphatic carbocycles. The maximum absolute atomic E-state index is 11.9. The number of carbonyl (C=O) groups excluding carboxylic acids is 1. The van der Waals surface area contributed by atoms with E-state index in [-0.39, 0.29) is 11.9 Å². The van der Waals surface area contributed by atoms with Crippen LogP contribution in [0.2, 0.25) is 0 Å². The smallest absolute Gasteiger partial charge is 0.277 e. The summed E-state index contributed by atoms with van der Waals surface area (Å²) in [5.41, 5.74) is 0.385. The Bertz CT molecular complexity index is 548. The predicted molar refractivity (Wildman–Crippen MR) is 73.5 cm³/mol. The van der Waals surface area contributed by atoms with Crippen molar-refractivity contribution in [3.8, 4) is 0 Å². The average molecular weight is 283 g/mol. The molecule has 0 saturated carbocycles. The second-order valence-corrected chi connectivity index (χ2v) is 5.96. The Hall–Kier alpha value is -1.54. The highest BCUT2D eigenvalue weighted by atomic mass is 32.1. The van der Waals surface area contributed by atoms with Crippen molar-refractivity contribution in [2.75, 3.05) is 10.6 Å². The number of aryl methyl sites for hydroxylation is 1. The van der Waals surface area contributed by atoms with Gasteiger partial charge in [0.25, 0.3) is 5.91 Å². The van der Waals surface area contributed by atoms with E-state index in [2.05, 4.69) is 25.8 Å². The Morgan fingerprint density at radius 1 is 1.33 bits per heavy atom. The third kappa shape index (κ3) is 3.23. The average Bonchev–Trinajstić information content (AvgIpc) is 2.87. The third-order valence-corrected chi connectivity index (χ3v) is 3.42. The number of aromatic nitrogens is 3. The van der Waals surface area contributed by atoms with E-state index in [9.17, 15) is 4.79 Å². The predicted octanol–water partition coefficient (Wildman–Crippen LogP) is 2.38. The number of carbonyl (C=O) groups is 1. The van der Waals surface area contributed by atoms with Crippen molar-refractivity contribution in [3.63, 3.8) is 0 Å². The third-order valence-electron chi connectivity index (χ3n) is 1.90. The van der Waals surface area contributed by atoms with Gasteiger partial charge >= 0.3 is 0 Å². The topological polar surface area (TPSA) is 79.8 Å². The SMILES string of the molecule is Cc1nnc(NC(=O)c2csc(NC(C)C)n2)s1. The van der Waals surface area contributed by atoms with Gasteiger partial charge in [0, 0.05) is 11.4 Å². The molecule has 0 radical (unpaired) electrons. The van der Waals surface area contributed by atoms with Crippen LogP contribution in [0.1, 0.15) is 29.3 Å². The first-order valence-electron chi connectivity index (χ1n) is 5.38. The monoisotopic (exact) mass is 283 g/mol. The molecule has 1 amide bonds. The van der Waals surface area contributed by atoms with Crippen LogP contribution in [0.4, 0.5) is 10.3 Å². The molecule has 6 nitrogen and oxygen atoms in total. The van der Waals surface area contributed by atoms with Crippen molar-refractivity contribution < 1.29 is 4.79 Å². The van der Waals surface area contributed by atoms with Crippen molar-refractivity contribution in [3.05, 3.63) is 16.1 Å². The molecule has 0 fully saturated rings. The Morgan fingerprint density at radius 3 is 2.72 bits per heavy atom. The van der Waals surface area contributed by atoms with E-state index in [1.807, 2.05) is 20.8 Å². The first kappa shape index (κ1) is 12.9. The Labute approximate surface area is 112 Å². The molecule has 2 rings (SSSR count). The minimum absolute atomic E-state index is 0.265. The zero-order valence-corrected chi connectivity index (χ0v) is 11.9. The summed E-state index contributed by atoms with van der Waals surface area (Å²) in [7, 11) is 0. The van der Waals surface area contributed by atoms with Crippen molar-refractivity contribution in [2.45, 2.75) is 26.8 Å². The summed E-state index contributed by atoms with van der Waals surface area (Å²) < 4.78 is 0. The number of nitrogens with zero attached hydrogens (tertiary/aromatic N) is 3. The molecule has 96 valence electrons. The standard InChI is InChI=1S/C10H13N5OS2/c1-5(2)11-9-12-7(4-17-9)8(16)13-10-15-14-6(3)18-10/h4-5H,1-3H3,(H,11,12)(H,13,15,16). The second kappa shape index (κ2) is 5.40. The van der Waals surface area contributed by atoms with Crippen molar-refractivity contribution in [1.82, 2.24) is 15.2 Å². The summed E-state index contributed by atoms with van der Waals surface area (Å²) in [4.78, 5) is 16.1. The molecular formula is C10H13N5OS2. The first-order valence-corrected chi connectivity index (χ1v) is 7.07. The summed E-state index contributed by atoms with van der Waals surface area (Å²) in [6, 6.07) is 0.290. The van der Waals surface area contributed by atoms with E-state index in [1.165, 1.54) is 22.7 Å². The van der Waals surface area contributed by atoms with Crippen LogP contribution >= 0.6 is 22.7 Å². The number of thiazole rings is 1. The molecule has 2 heterocycles. The molecule has 0 aliphatic heterocycles. The largest absolute Gasteiger partial charge is 0.359 e. The highest BCUT2D eigenvalue weighted by Gasteiger charge is 2.13. The van der Waals surface area contributed by atoms with Crippen LogP contribution in [0.5, 0.6) is 0 Å². The van der Waals surface area contributed by atoms with Gasteiger partial charge in [0.1, 0.15) is 10.7 Å². The second-order valence-electron chi connectivity index (χ2n) is 3.92. The molecule has 0 bridgehead atoms. The van der Waals surface area contributed by atoms with Crippen LogP contribution in [0.15, 0.2) is 5.38 Å². The van der Waals surface area contributed by atoms with Gasteiger partial charge < -0.3 is 5.32 Å². The fourth-order valence-corrected chi connectivity index (χ4v) is 2.62. The van der Waals surface area contributed by atoms with Crippen molar-refractivity contribution in [1.29, 1.82) is 0 Å². The van der Waals surface area contributed by atoms with E-state index in [0.717, 1.165) is 10.1 Å². The zero-order valence-electron chi connectivity index (χ0n) is 10.2. The van der Waals surface area contributed by atoms with E-state index in [0.29, 0.717) is 10.8 Å². The Balaban J connectivity index is 2.02. The summed E-state index contributed by atoms with van der Waals surface area (Å²) in [6.07, 6.45) is 0. The van der Waals surface area contributed by atoms with Crippen LogP contribution in [-0.2, 0) is 0 Å². The number of rotatable bonds is 4. The first-order chi connectivity index (χ1) is 8.54. The van der Waals surface area contributed by atoms with E-state index in [4.69, 9.17) is 0 Å². The zero-order chi connectivity index (χ0) is 13.1. The lowest BCUT2D eigenvalue weighted by Gasteiger charge is -2.04. The molecule has 0 unspecified atom stereocenters. The molecule has 0 aromatic carbocycles. The van der Waals surface area contributed by atoms with Gasteiger partial charge in [0.15, 0.2) is 5.13 Å². The van der Waals surface area contributed by atoms with E-state index >= 15 is 0 Å². The van der Waals surface area contributed by atoms with Crippen LogP contribution in [-0.4, -0.2) is 27.1 Å². The Kier molecular flexibility index (Phi) is 3.87. The molecule has 0 aliphatic rings. The van der Waals surface area contributed by atoms with Crippen molar-refractivity contribution in [2.24, 2.45) is 0 Å². The lowest BCUT2D eigenvalue weighted by molar-refractivity contribution is 0.102. The normalized spacial score (nSPS) is 10.7. The van der Waals surface area contributed by atoms with Crippen molar-refractivity contribution >= 4 is 38.8 Å². The maximum Gasteiger partial charge on any atom is 0.277 e. The van der Waals surface area contributed by atoms with Gasteiger partial charge in [-0.1, -0.05) is 11.3 Å². The fourth-order valence-electron chi connectivity index (χ4n) is 1.20. The summed E-state index contributed by atoms with van der Waals surface area (Å²) in [6.45, 7) is 5.87. The van der Waals surface area contributed by atoms with E-state index < -0.39 is 0 Å². The number of amides is 1. The minimum Gasteiger partial charge on any atom is -0.359 e. The molecule has 0 atom stereocenters. The molecule has 2 aromatic rings. The summed E-state index contributed by atoms with van der Waals surface area (Å²) >= 11 is 2.74. The van der Waals surface area contributed by atoms with Crippen LogP contribution in [0, 0.1) is 6.92 Å². The van der Waals surface area contributed by atoms with Gasteiger partial charge in [-0.3, -0.25) is 10.1 Å². The van der Waals surface area contributed by atoms with Gasteiger partial charge in [0.2, 0.25) is 5.13 Å². The molecule has 18 heavy (non-hydrogen) atoms. The summed E-state index contributed by atoms with van der Waals surface area (Å²) in [5.74, 6) is -0.265.